The van der Waals surface area contributed by atoms with Crippen molar-refractivity contribution < 1.29 is 14.8 Å². The Bertz CT molecular complexity index is 1140. The van der Waals surface area contributed by atoms with E-state index in [1.807, 2.05) is 0 Å². The van der Waals surface area contributed by atoms with Crippen LogP contribution in [-0.2, 0) is 0 Å². The van der Waals surface area contributed by atoms with Gasteiger partial charge < -0.3 is 10.4 Å². The highest BCUT2D eigenvalue weighted by molar-refractivity contribution is 9.10. The number of rotatable bonds is 4. The number of aryl methyl sites for hydroxylation is 1. The zero-order valence-corrected chi connectivity index (χ0v) is 16.0. The molecule has 142 valence electrons. The Morgan fingerprint density at radius 3 is 2.54 bits per heavy atom. The Morgan fingerprint density at radius 1 is 1.21 bits per heavy atom. The van der Waals surface area contributed by atoms with E-state index in [9.17, 15) is 24.8 Å². The third-order valence-electron chi connectivity index (χ3n) is 3.88. The summed E-state index contributed by atoms with van der Waals surface area (Å²) in [6.07, 6.45) is 0. The summed E-state index contributed by atoms with van der Waals surface area (Å²) in [5, 5.41) is 27.4. The molecule has 0 fully saturated rings. The van der Waals surface area contributed by atoms with Gasteiger partial charge in [0.1, 0.15) is 0 Å². The number of aromatic nitrogens is 2. The van der Waals surface area contributed by atoms with Crippen molar-refractivity contribution >= 4 is 33.2 Å². The highest BCUT2D eigenvalue weighted by Gasteiger charge is 2.19. The molecule has 0 bridgehead atoms. The smallest absolute Gasteiger partial charge is 0.280 e. The largest absolute Gasteiger partial charge is 0.505 e. The second kappa shape index (κ2) is 7.61. The zero-order chi connectivity index (χ0) is 20.4. The number of carbonyl (C=O) groups is 1. The number of amides is 1. The van der Waals surface area contributed by atoms with E-state index >= 15 is 0 Å². The molecule has 0 aliphatic heterocycles. The average Bonchev–Trinajstić information content (AvgIpc) is 2.64. The fourth-order valence-corrected chi connectivity index (χ4v) is 2.68. The Balaban J connectivity index is 1.99. The lowest BCUT2D eigenvalue weighted by Gasteiger charge is -2.11. The van der Waals surface area contributed by atoms with E-state index in [1.165, 1.54) is 18.2 Å². The molecule has 10 heteroatoms. The number of nitro groups is 1. The van der Waals surface area contributed by atoms with Gasteiger partial charge in [-0.15, -0.1) is 0 Å². The van der Waals surface area contributed by atoms with E-state index in [-0.39, 0.29) is 11.4 Å². The molecule has 1 aromatic heterocycles. The number of nitrogens with zero attached hydrogens (tertiary/aromatic N) is 3. The fourth-order valence-electron chi connectivity index (χ4n) is 2.42. The number of anilines is 1. The number of non-ortho nitro benzene ring substituents is 1. The van der Waals surface area contributed by atoms with Crippen LogP contribution in [0.1, 0.15) is 16.1 Å². The lowest BCUT2D eigenvalue weighted by Crippen LogP contribution is -2.25. The number of benzene rings is 2. The van der Waals surface area contributed by atoms with Crippen molar-refractivity contribution in [1.29, 1.82) is 0 Å². The van der Waals surface area contributed by atoms with Gasteiger partial charge in [-0.05, 0) is 36.8 Å². The van der Waals surface area contributed by atoms with Crippen LogP contribution in [0.15, 0.2) is 57.8 Å². The maximum Gasteiger partial charge on any atom is 0.280 e. The summed E-state index contributed by atoms with van der Waals surface area (Å²) in [5.74, 6) is -1.41. The van der Waals surface area contributed by atoms with Gasteiger partial charge in [0.2, 0.25) is 0 Å². The van der Waals surface area contributed by atoms with Gasteiger partial charge in [-0.3, -0.25) is 19.7 Å². The minimum Gasteiger partial charge on any atom is -0.505 e. The minimum atomic E-state index is -0.813. The van der Waals surface area contributed by atoms with Gasteiger partial charge in [-0.25, -0.2) is 0 Å². The molecule has 9 nitrogen and oxygen atoms in total. The Hall–Kier alpha value is -3.53. The monoisotopic (exact) mass is 444 g/mol. The molecule has 3 aromatic rings. The number of halogens is 1. The predicted molar refractivity (Wildman–Crippen MR) is 105 cm³/mol. The molecule has 0 atom stereocenters. The fraction of sp³-hybridized carbons (Fsp3) is 0.0556. The molecule has 0 saturated heterocycles. The minimum absolute atomic E-state index is 0.196. The van der Waals surface area contributed by atoms with Crippen molar-refractivity contribution in [2.75, 3.05) is 5.32 Å². The topological polar surface area (TPSA) is 127 Å². The molecule has 0 spiro atoms. The first-order valence-corrected chi connectivity index (χ1v) is 8.71. The Labute approximate surface area is 166 Å². The van der Waals surface area contributed by atoms with Gasteiger partial charge in [0, 0.05) is 22.7 Å². The predicted octanol–water partition coefficient (Wildman–Crippen LogP) is 3.17. The molecule has 0 aliphatic carbocycles. The lowest BCUT2D eigenvalue weighted by atomic mass is 10.1. The molecule has 0 unspecified atom stereocenters. The van der Waals surface area contributed by atoms with Crippen molar-refractivity contribution in [3.8, 4) is 11.4 Å². The number of hydrogen-bond acceptors (Lipinski definition) is 6. The molecule has 0 radical (unpaired) electrons. The van der Waals surface area contributed by atoms with Gasteiger partial charge in [-0.2, -0.15) is 9.78 Å². The summed E-state index contributed by atoms with van der Waals surface area (Å²) in [7, 11) is 0. The van der Waals surface area contributed by atoms with E-state index in [4.69, 9.17) is 0 Å². The van der Waals surface area contributed by atoms with E-state index in [0.717, 1.165) is 15.2 Å². The SMILES string of the molecule is Cc1ccc([N+](=O)[O-])cc1NC(=O)c1nn(-c2ccc(Br)cc2)c(=O)cc1O. The molecule has 0 aliphatic rings. The Morgan fingerprint density at radius 2 is 1.89 bits per heavy atom. The highest BCUT2D eigenvalue weighted by Crippen LogP contribution is 2.23. The average molecular weight is 445 g/mol. The van der Waals surface area contributed by atoms with Crippen LogP contribution in [-0.4, -0.2) is 25.7 Å². The van der Waals surface area contributed by atoms with Gasteiger partial charge in [0.25, 0.3) is 17.2 Å². The summed E-state index contributed by atoms with van der Waals surface area (Å²) in [6.45, 7) is 1.66. The summed E-state index contributed by atoms with van der Waals surface area (Å²) < 4.78 is 1.77. The van der Waals surface area contributed by atoms with Gasteiger partial charge in [-0.1, -0.05) is 22.0 Å². The first-order valence-electron chi connectivity index (χ1n) is 7.92. The molecule has 2 aromatic carbocycles. The van der Waals surface area contributed by atoms with Crippen molar-refractivity contribution in [2.24, 2.45) is 0 Å². The number of carbonyl (C=O) groups excluding carboxylic acids is 1. The van der Waals surface area contributed by atoms with Crippen LogP contribution in [0.3, 0.4) is 0 Å². The normalized spacial score (nSPS) is 10.5. The van der Waals surface area contributed by atoms with Crippen LogP contribution in [0, 0.1) is 17.0 Å². The number of hydrogen-bond donors (Lipinski definition) is 2. The molecule has 1 amide bonds. The molecular formula is C18H13BrN4O5. The van der Waals surface area contributed by atoms with Gasteiger partial charge in [0.15, 0.2) is 11.4 Å². The molecule has 1 heterocycles. The molecular weight excluding hydrogens is 432 g/mol. The quantitative estimate of drug-likeness (QED) is 0.469. The van der Waals surface area contributed by atoms with E-state index < -0.39 is 27.8 Å². The molecule has 0 saturated carbocycles. The summed E-state index contributed by atoms with van der Waals surface area (Å²) >= 11 is 3.29. The van der Waals surface area contributed by atoms with Crippen LogP contribution < -0.4 is 10.9 Å². The third-order valence-corrected chi connectivity index (χ3v) is 4.41. The van der Waals surface area contributed by atoms with E-state index in [1.54, 1.807) is 31.2 Å². The maximum atomic E-state index is 12.6. The lowest BCUT2D eigenvalue weighted by molar-refractivity contribution is -0.384. The Kier molecular flexibility index (Phi) is 5.23. The second-order valence-electron chi connectivity index (χ2n) is 5.82. The first-order chi connectivity index (χ1) is 13.3. The van der Waals surface area contributed by atoms with Gasteiger partial charge in [0.05, 0.1) is 16.3 Å². The summed E-state index contributed by atoms with van der Waals surface area (Å²) in [6, 6.07) is 11.5. The number of aromatic hydroxyl groups is 1. The van der Waals surface area contributed by atoms with Crippen molar-refractivity contribution in [1.82, 2.24) is 9.78 Å². The van der Waals surface area contributed by atoms with Crippen LogP contribution in [0.25, 0.3) is 5.69 Å². The highest BCUT2D eigenvalue weighted by atomic mass is 79.9. The third kappa shape index (κ3) is 3.91. The van der Waals surface area contributed by atoms with Gasteiger partial charge >= 0.3 is 0 Å². The van der Waals surface area contributed by atoms with Crippen molar-refractivity contribution in [3.63, 3.8) is 0 Å². The van der Waals surface area contributed by atoms with Crippen LogP contribution in [0.2, 0.25) is 0 Å². The van der Waals surface area contributed by atoms with Crippen molar-refractivity contribution in [2.45, 2.75) is 6.92 Å². The number of nitro benzene ring substituents is 1. The van der Waals surface area contributed by atoms with Crippen LogP contribution in [0.4, 0.5) is 11.4 Å². The summed E-state index contributed by atoms with van der Waals surface area (Å²) in [5.41, 5.74) is -0.0375. The number of nitrogens with one attached hydrogen (secondary N) is 1. The molecule has 2 N–H and O–H groups in total. The second-order valence-corrected chi connectivity index (χ2v) is 6.73. The van der Waals surface area contributed by atoms with Crippen molar-refractivity contribution in [3.05, 3.63) is 84.7 Å². The summed E-state index contributed by atoms with van der Waals surface area (Å²) in [4.78, 5) is 35.1. The molecule has 3 rings (SSSR count). The zero-order valence-electron chi connectivity index (χ0n) is 14.4. The van der Waals surface area contributed by atoms with Crippen LogP contribution in [0.5, 0.6) is 5.75 Å². The van der Waals surface area contributed by atoms with E-state index in [2.05, 4.69) is 26.3 Å². The van der Waals surface area contributed by atoms with Crippen LogP contribution >= 0.6 is 15.9 Å². The molecule has 28 heavy (non-hydrogen) atoms. The maximum absolute atomic E-state index is 12.6. The first kappa shape index (κ1) is 19.2. The van der Waals surface area contributed by atoms with E-state index in [0.29, 0.717) is 11.3 Å². The standard InChI is InChI=1S/C18H13BrN4O5/c1-10-2-5-13(23(27)28)8-14(10)20-18(26)17-15(24)9-16(25)22(21-17)12-6-3-11(19)4-7-12/h2-9,24H,1H3,(H,20,26).